The van der Waals surface area contributed by atoms with Gasteiger partial charge in [0.1, 0.15) is 9.84 Å². The van der Waals surface area contributed by atoms with Crippen LogP contribution in [-0.4, -0.2) is 45.5 Å². The van der Waals surface area contributed by atoms with E-state index in [4.69, 9.17) is 11.6 Å². The van der Waals surface area contributed by atoms with E-state index in [1.54, 1.807) is 0 Å². The van der Waals surface area contributed by atoms with E-state index >= 15 is 0 Å². The second kappa shape index (κ2) is 5.26. The van der Waals surface area contributed by atoms with Crippen molar-refractivity contribution >= 4 is 31.5 Å². The zero-order valence-electron chi connectivity index (χ0n) is 10.0. The Hall–Kier alpha value is 0.150. The van der Waals surface area contributed by atoms with Crippen molar-refractivity contribution in [2.24, 2.45) is 5.92 Å². The van der Waals surface area contributed by atoms with Crippen LogP contribution in [0.5, 0.6) is 0 Å². The lowest BCUT2D eigenvalue weighted by atomic mass is 9.85. The van der Waals surface area contributed by atoms with Crippen LogP contribution in [-0.2, 0) is 19.9 Å². The van der Waals surface area contributed by atoms with Crippen LogP contribution < -0.4 is 4.72 Å². The van der Waals surface area contributed by atoms with Crippen LogP contribution in [0.25, 0.3) is 0 Å². The Bertz CT molecular complexity index is 482. The number of halogens is 1. The Labute approximate surface area is 113 Å². The van der Waals surface area contributed by atoms with Gasteiger partial charge in [-0.2, -0.15) is 0 Å². The summed E-state index contributed by atoms with van der Waals surface area (Å²) < 4.78 is 49.1. The fourth-order valence-electron chi connectivity index (χ4n) is 2.35. The molecule has 1 heterocycles. The van der Waals surface area contributed by atoms with Crippen molar-refractivity contribution < 1.29 is 16.8 Å². The molecule has 0 aromatic rings. The molecule has 18 heavy (non-hydrogen) atoms. The maximum atomic E-state index is 12.0. The van der Waals surface area contributed by atoms with Crippen molar-refractivity contribution in [2.75, 3.05) is 18.1 Å². The van der Waals surface area contributed by atoms with Crippen molar-refractivity contribution in [3.8, 4) is 0 Å². The summed E-state index contributed by atoms with van der Waals surface area (Å²) in [5.74, 6) is 0.284. The van der Waals surface area contributed by atoms with Crippen LogP contribution in [0.15, 0.2) is 0 Å². The normalized spacial score (nSPS) is 32.9. The van der Waals surface area contributed by atoms with Crippen molar-refractivity contribution in [1.29, 1.82) is 0 Å². The summed E-state index contributed by atoms with van der Waals surface area (Å²) in [5.41, 5.74) is 0. The van der Waals surface area contributed by atoms with E-state index in [1.165, 1.54) is 0 Å². The number of nitrogens with one attached hydrogen (secondary N) is 1. The van der Waals surface area contributed by atoms with E-state index in [0.29, 0.717) is 12.5 Å². The highest BCUT2D eigenvalue weighted by molar-refractivity contribution is 7.92. The van der Waals surface area contributed by atoms with Crippen LogP contribution in [0.2, 0.25) is 0 Å². The Morgan fingerprint density at radius 1 is 1.17 bits per heavy atom. The first-order chi connectivity index (χ1) is 8.28. The van der Waals surface area contributed by atoms with Gasteiger partial charge in [-0.25, -0.2) is 21.6 Å². The van der Waals surface area contributed by atoms with Gasteiger partial charge in [-0.15, -0.1) is 11.6 Å². The summed E-state index contributed by atoms with van der Waals surface area (Å²) in [6.45, 7) is 0.425. The Morgan fingerprint density at radius 2 is 1.72 bits per heavy atom. The number of sulfonamides is 1. The molecule has 2 rings (SSSR count). The Balaban J connectivity index is 1.83. The minimum atomic E-state index is -3.38. The van der Waals surface area contributed by atoms with Crippen LogP contribution in [0, 0.1) is 5.92 Å². The van der Waals surface area contributed by atoms with Gasteiger partial charge in [0.2, 0.25) is 10.0 Å². The van der Waals surface area contributed by atoms with Gasteiger partial charge in [-0.1, -0.05) is 0 Å². The third-order valence-corrected chi connectivity index (χ3v) is 7.68. The van der Waals surface area contributed by atoms with E-state index in [-0.39, 0.29) is 29.7 Å². The maximum Gasteiger partial charge on any atom is 0.214 e. The average Bonchev–Trinajstić information content (AvgIpc) is 2.22. The SMILES string of the molecule is O=S1(=O)CCC(S(=O)(=O)NCC2CC(Cl)C2)CC1. The van der Waals surface area contributed by atoms with Crippen LogP contribution in [0.4, 0.5) is 0 Å². The van der Waals surface area contributed by atoms with Gasteiger partial charge < -0.3 is 0 Å². The lowest BCUT2D eigenvalue weighted by molar-refractivity contribution is 0.323. The predicted molar refractivity (Wildman–Crippen MR) is 71.0 cm³/mol. The lowest BCUT2D eigenvalue weighted by Gasteiger charge is -2.31. The molecule has 0 unspecified atom stereocenters. The molecule has 1 saturated carbocycles. The molecule has 8 heteroatoms. The summed E-state index contributed by atoms with van der Waals surface area (Å²) >= 11 is 5.83. The van der Waals surface area contributed by atoms with Gasteiger partial charge in [0.15, 0.2) is 0 Å². The van der Waals surface area contributed by atoms with Gasteiger partial charge in [0.25, 0.3) is 0 Å². The highest BCUT2D eigenvalue weighted by atomic mass is 35.5. The largest absolute Gasteiger partial charge is 0.229 e. The lowest BCUT2D eigenvalue weighted by Crippen LogP contribution is -2.43. The number of hydrogen-bond donors (Lipinski definition) is 1. The summed E-state index contributed by atoms with van der Waals surface area (Å²) in [7, 11) is -6.40. The number of hydrogen-bond acceptors (Lipinski definition) is 4. The topological polar surface area (TPSA) is 80.3 Å². The van der Waals surface area contributed by atoms with Gasteiger partial charge in [0, 0.05) is 11.9 Å². The minimum absolute atomic E-state index is 0.0221. The highest BCUT2D eigenvalue weighted by Crippen LogP contribution is 2.31. The molecular formula is C10H18ClNO4S2. The maximum absolute atomic E-state index is 12.0. The third-order valence-electron chi connectivity index (χ3n) is 3.69. The second-order valence-corrected chi connectivity index (χ2v) is 10.1. The fraction of sp³-hybridized carbons (Fsp3) is 1.00. The van der Waals surface area contributed by atoms with Crippen LogP contribution >= 0.6 is 11.6 Å². The van der Waals surface area contributed by atoms with E-state index < -0.39 is 25.1 Å². The summed E-state index contributed by atoms with van der Waals surface area (Å²) in [4.78, 5) is 0. The number of rotatable bonds is 4. The molecule has 1 saturated heterocycles. The van der Waals surface area contributed by atoms with Gasteiger partial charge in [0.05, 0.1) is 16.8 Å². The highest BCUT2D eigenvalue weighted by Gasteiger charge is 2.34. The smallest absolute Gasteiger partial charge is 0.214 e. The van der Waals surface area contributed by atoms with Gasteiger partial charge in [-0.3, -0.25) is 0 Å². The molecular weight excluding hydrogens is 298 g/mol. The van der Waals surface area contributed by atoms with Crippen LogP contribution in [0.1, 0.15) is 25.7 Å². The van der Waals surface area contributed by atoms with Crippen molar-refractivity contribution in [1.82, 2.24) is 4.72 Å². The monoisotopic (exact) mass is 315 g/mol. The molecule has 5 nitrogen and oxygen atoms in total. The quantitative estimate of drug-likeness (QED) is 0.766. The molecule has 0 amide bonds. The molecule has 1 N–H and O–H groups in total. The van der Waals surface area contributed by atoms with E-state index in [2.05, 4.69) is 4.72 Å². The first kappa shape index (κ1) is 14.6. The molecule has 0 bridgehead atoms. The molecule has 2 fully saturated rings. The van der Waals surface area contributed by atoms with Crippen molar-refractivity contribution in [3.05, 3.63) is 0 Å². The molecule has 2 aliphatic rings. The zero-order valence-corrected chi connectivity index (χ0v) is 12.4. The van der Waals surface area contributed by atoms with Crippen molar-refractivity contribution in [3.63, 3.8) is 0 Å². The molecule has 0 radical (unpaired) electrons. The van der Waals surface area contributed by atoms with Crippen LogP contribution in [0.3, 0.4) is 0 Å². The van der Waals surface area contributed by atoms with Gasteiger partial charge >= 0.3 is 0 Å². The van der Waals surface area contributed by atoms with Crippen molar-refractivity contribution in [2.45, 2.75) is 36.3 Å². The number of alkyl halides is 1. The average molecular weight is 316 g/mol. The summed E-state index contributed by atoms with van der Waals surface area (Å²) in [5, 5.41) is -0.382. The molecule has 0 atom stereocenters. The van der Waals surface area contributed by atoms with E-state index in [9.17, 15) is 16.8 Å². The second-order valence-electron chi connectivity index (χ2n) is 5.18. The Kier molecular flexibility index (Phi) is 4.26. The molecule has 0 aromatic carbocycles. The zero-order chi connectivity index (χ0) is 13.4. The minimum Gasteiger partial charge on any atom is -0.229 e. The fourth-order valence-corrected chi connectivity index (χ4v) is 6.21. The summed E-state index contributed by atoms with van der Waals surface area (Å²) in [6.07, 6.45) is 2.12. The van der Waals surface area contributed by atoms with E-state index in [1.807, 2.05) is 0 Å². The number of sulfone groups is 1. The van der Waals surface area contributed by atoms with Gasteiger partial charge in [-0.05, 0) is 31.6 Å². The standard InChI is InChI=1S/C10H18ClNO4S2/c11-9-5-8(6-9)7-12-18(15,16)10-1-3-17(13,14)4-2-10/h8-10,12H,1-7H2. The van der Waals surface area contributed by atoms with E-state index in [0.717, 1.165) is 12.8 Å². The first-order valence-electron chi connectivity index (χ1n) is 6.11. The Morgan fingerprint density at radius 3 is 2.22 bits per heavy atom. The molecule has 1 aliphatic carbocycles. The molecule has 106 valence electrons. The first-order valence-corrected chi connectivity index (χ1v) is 9.92. The summed E-state index contributed by atoms with van der Waals surface area (Å²) in [6, 6.07) is 0. The molecule has 1 aliphatic heterocycles. The predicted octanol–water partition coefficient (Wildman–Crippen LogP) is 0.500. The molecule has 0 aromatic heterocycles. The molecule has 0 spiro atoms. The third kappa shape index (κ3) is 3.59.